The van der Waals surface area contributed by atoms with Gasteiger partial charge < -0.3 is 19.3 Å². The van der Waals surface area contributed by atoms with E-state index in [1.165, 1.54) is 14.2 Å². The van der Waals surface area contributed by atoms with E-state index in [-0.39, 0.29) is 23.5 Å². The number of fused-ring (bicyclic) bond motifs is 1. The fourth-order valence-electron chi connectivity index (χ4n) is 6.74. The van der Waals surface area contributed by atoms with Crippen molar-refractivity contribution in [1.82, 2.24) is 9.80 Å². The largest absolute Gasteiger partial charge is 0.495 e. The first-order valence-electron chi connectivity index (χ1n) is 16.0. The fraction of sp³-hybridized carbons (Fsp3) is 0.342. The maximum Gasteiger partial charge on any atom is 0.337 e. The molecule has 1 aliphatic rings. The molecule has 0 spiro atoms. The highest BCUT2D eigenvalue weighted by atomic mass is 35.5. The normalized spacial score (nSPS) is 15.0. The number of benzene rings is 4. The van der Waals surface area contributed by atoms with Gasteiger partial charge in [0.1, 0.15) is 11.8 Å². The van der Waals surface area contributed by atoms with E-state index in [0.29, 0.717) is 38.2 Å². The summed E-state index contributed by atoms with van der Waals surface area (Å²) in [6.07, 6.45) is 4.17. The van der Waals surface area contributed by atoms with Gasteiger partial charge in [-0.1, -0.05) is 59.6 Å². The first kappa shape index (κ1) is 36.3. The van der Waals surface area contributed by atoms with Crippen molar-refractivity contribution in [1.29, 1.82) is 5.26 Å². The smallest absolute Gasteiger partial charge is 0.337 e. The number of ether oxygens (including phenoxy) is 2. The van der Waals surface area contributed by atoms with Crippen LogP contribution in [-0.2, 0) is 15.5 Å². The number of likely N-dealkylation sites (N-methyl/N-ethyl adjacent to an activating group) is 1. The van der Waals surface area contributed by atoms with E-state index in [9.17, 15) is 19.1 Å². The van der Waals surface area contributed by atoms with E-state index in [0.717, 1.165) is 60.8 Å². The van der Waals surface area contributed by atoms with Gasteiger partial charge in [0.15, 0.2) is 0 Å². The van der Waals surface area contributed by atoms with Crippen LogP contribution in [0.4, 0.5) is 0 Å². The number of halogens is 2. The second kappa shape index (κ2) is 16.2. The van der Waals surface area contributed by atoms with Crippen LogP contribution in [0.3, 0.4) is 0 Å². The van der Waals surface area contributed by atoms with Crippen molar-refractivity contribution in [3.63, 3.8) is 0 Å². The second-order valence-corrected chi connectivity index (χ2v) is 14.5. The molecule has 1 fully saturated rings. The van der Waals surface area contributed by atoms with Crippen molar-refractivity contribution in [2.75, 3.05) is 53.7 Å². The molecule has 4 aromatic rings. The Morgan fingerprint density at radius 3 is 2.43 bits per heavy atom. The molecule has 1 aliphatic heterocycles. The molecule has 1 unspecified atom stereocenters. The highest BCUT2D eigenvalue weighted by Crippen LogP contribution is 2.36. The predicted molar refractivity (Wildman–Crippen MR) is 195 cm³/mol. The molecule has 4 aromatic carbocycles. The van der Waals surface area contributed by atoms with Crippen molar-refractivity contribution in [3.8, 4) is 11.8 Å². The van der Waals surface area contributed by atoms with E-state index >= 15 is 0 Å². The Bertz CT molecular complexity index is 1940. The Balaban J connectivity index is 1.33. The molecular weight excluding hydrogens is 681 g/mol. The number of hydrogen-bond acceptors (Lipinski definition) is 7. The number of rotatable bonds is 11. The summed E-state index contributed by atoms with van der Waals surface area (Å²) in [6, 6.07) is 22.4. The van der Waals surface area contributed by atoms with Crippen LogP contribution in [0, 0.1) is 11.3 Å². The van der Waals surface area contributed by atoms with Crippen LogP contribution < -0.4 is 4.74 Å². The van der Waals surface area contributed by atoms with Crippen molar-refractivity contribution < 1.29 is 23.3 Å². The van der Waals surface area contributed by atoms with Gasteiger partial charge in [0.05, 0.1) is 51.8 Å². The zero-order valence-corrected chi connectivity index (χ0v) is 30.3. The van der Waals surface area contributed by atoms with Crippen LogP contribution in [0.2, 0.25) is 10.0 Å². The van der Waals surface area contributed by atoms with E-state index in [4.69, 9.17) is 32.7 Å². The minimum absolute atomic E-state index is 0.0576. The number of nitrogens with zero attached hydrogens (tertiary/aromatic N) is 3. The maximum absolute atomic E-state index is 14.2. The van der Waals surface area contributed by atoms with Crippen molar-refractivity contribution in [2.45, 2.75) is 36.0 Å². The third-order valence-corrected chi connectivity index (χ3v) is 11.1. The summed E-state index contributed by atoms with van der Waals surface area (Å²) in [5.41, 5.74) is 3.06. The van der Waals surface area contributed by atoms with E-state index < -0.39 is 16.8 Å². The molecule has 49 heavy (non-hydrogen) atoms. The average molecular weight is 721 g/mol. The Morgan fingerprint density at radius 1 is 1.04 bits per heavy atom. The van der Waals surface area contributed by atoms with E-state index in [1.807, 2.05) is 42.5 Å². The number of carbonyl (C=O) groups is 2. The third-order valence-electron chi connectivity index (χ3n) is 9.36. The molecule has 0 bridgehead atoms. The Kier molecular flexibility index (Phi) is 12.0. The summed E-state index contributed by atoms with van der Waals surface area (Å²) < 4.78 is 23.1. The molecule has 0 aromatic heterocycles. The lowest BCUT2D eigenvalue weighted by atomic mass is 9.88. The monoisotopic (exact) mass is 719 g/mol. The quantitative estimate of drug-likeness (QED) is 0.147. The van der Waals surface area contributed by atoms with Crippen LogP contribution >= 0.6 is 23.2 Å². The molecule has 8 nitrogen and oxygen atoms in total. The standard InChI is InChI=1S/C38H39Cl2N3O5S/c1-42(37(44)35-31-8-6-5-7-26(31)19-29(22-41)36(35)47-2)23-28(25-10-12-32(39)33(40)20-25)15-18-43-16-13-24(14-17-43)30-11-9-27(38(45)48-3)21-34(30)49(4)46/h5-12,19-21,24,28H,13-18,23H2,1-4H3/t28-,49?/m1/s1. The Morgan fingerprint density at radius 2 is 1.78 bits per heavy atom. The lowest BCUT2D eigenvalue weighted by Gasteiger charge is -2.34. The van der Waals surface area contributed by atoms with Gasteiger partial charge in [-0.2, -0.15) is 5.26 Å². The number of carbonyl (C=O) groups excluding carboxylic acids is 2. The summed E-state index contributed by atoms with van der Waals surface area (Å²) >= 11 is 12.7. The van der Waals surface area contributed by atoms with E-state index in [1.54, 1.807) is 42.5 Å². The first-order valence-corrected chi connectivity index (χ1v) is 18.4. The van der Waals surface area contributed by atoms with Gasteiger partial charge in [-0.15, -0.1) is 0 Å². The van der Waals surface area contributed by atoms with Crippen molar-refractivity contribution in [2.24, 2.45) is 0 Å². The van der Waals surface area contributed by atoms with Gasteiger partial charge >= 0.3 is 5.97 Å². The van der Waals surface area contributed by atoms with Crippen molar-refractivity contribution >= 4 is 56.7 Å². The molecule has 5 rings (SSSR count). The van der Waals surface area contributed by atoms with Crippen LogP contribution in [0.15, 0.2) is 71.6 Å². The number of amides is 1. The Labute approximate surface area is 300 Å². The molecule has 0 radical (unpaired) electrons. The van der Waals surface area contributed by atoms with Crippen LogP contribution in [-0.4, -0.2) is 79.6 Å². The summed E-state index contributed by atoms with van der Waals surface area (Å²) in [5.74, 6) is -0.247. The number of esters is 1. The third kappa shape index (κ3) is 8.11. The van der Waals surface area contributed by atoms with Gasteiger partial charge in [0.2, 0.25) is 0 Å². The zero-order chi connectivity index (χ0) is 35.2. The minimum Gasteiger partial charge on any atom is -0.495 e. The van der Waals surface area contributed by atoms with Gasteiger partial charge in [-0.3, -0.25) is 9.00 Å². The summed E-state index contributed by atoms with van der Waals surface area (Å²) in [4.78, 5) is 31.0. The second-order valence-electron chi connectivity index (χ2n) is 12.3. The van der Waals surface area contributed by atoms with Crippen LogP contribution in [0.1, 0.15) is 68.5 Å². The van der Waals surface area contributed by atoms with E-state index in [2.05, 4.69) is 11.0 Å². The SMILES string of the molecule is COC(=O)c1ccc(C2CCN(CC[C@H](CN(C)C(=O)c3c(OC)c(C#N)cc4ccccc34)c3ccc(Cl)c(Cl)c3)CC2)c(S(C)=O)c1. The highest BCUT2D eigenvalue weighted by molar-refractivity contribution is 7.84. The molecule has 1 heterocycles. The summed E-state index contributed by atoms with van der Waals surface area (Å²) in [5, 5.41) is 12.3. The van der Waals surface area contributed by atoms with Crippen molar-refractivity contribution in [3.05, 3.63) is 105 Å². The molecular formula is C38H39Cl2N3O5S. The fourth-order valence-corrected chi connectivity index (χ4v) is 7.91. The number of nitriles is 1. The highest BCUT2D eigenvalue weighted by Gasteiger charge is 2.28. The lowest BCUT2D eigenvalue weighted by Crippen LogP contribution is -2.36. The Hall–Kier alpha value is -3.94. The van der Waals surface area contributed by atoms with Gasteiger partial charge in [0, 0.05) is 30.7 Å². The maximum atomic E-state index is 14.2. The van der Waals surface area contributed by atoms with Gasteiger partial charge in [-0.25, -0.2) is 4.79 Å². The molecule has 11 heteroatoms. The molecule has 0 saturated carbocycles. The summed E-state index contributed by atoms with van der Waals surface area (Å²) in [7, 11) is 3.34. The topological polar surface area (TPSA) is 99.9 Å². The summed E-state index contributed by atoms with van der Waals surface area (Å²) in [6.45, 7) is 2.90. The lowest BCUT2D eigenvalue weighted by molar-refractivity contribution is 0.0600. The first-order chi connectivity index (χ1) is 23.6. The zero-order valence-electron chi connectivity index (χ0n) is 28.0. The molecule has 0 N–H and O–H groups in total. The molecule has 256 valence electrons. The van der Waals surface area contributed by atoms with Crippen LogP contribution in [0.5, 0.6) is 5.75 Å². The van der Waals surface area contributed by atoms with Gasteiger partial charge in [-0.05, 0) is 97.0 Å². The van der Waals surface area contributed by atoms with Crippen LogP contribution in [0.25, 0.3) is 10.8 Å². The average Bonchev–Trinajstić information content (AvgIpc) is 3.12. The number of methoxy groups -OCH3 is 2. The molecule has 2 atom stereocenters. The molecule has 0 aliphatic carbocycles. The molecule has 1 amide bonds. The molecule has 1 saturated heterocycles. The number of likely N-dealkylation sites (tertiary alicyclic amines) is 1. The van der Waals surface area contributed by atoms with Gasteiger partial charge in [0.25, 0.3) is 5.91 Å². The minimum atomic E-state index is -1.25. The number of hydrogen-bond donors (Lipinski definition) is 0. The number of piperidine rings is 1. The predicted octanol–water partition coefficient (Wildman–Crippen LogP) is 7.68.